The number of nitrogens with one attached hydrogen (secondary N) is 1. The van der Waals surface area contributed by atoms with Crippen LogP contribution >= 0.6 is 0 Å². The molecule has 2 amide bonds. The second kappa shape index (κ2) is 8.76. The Labute approximate surface area is 172 Å². The lowest BCUT2D eigenvalue weighted by molar-refractivity contribution is -0.133. The Hall–Kier alpha value is -2.69. The number of benzene rings is 2. The smallest absolute Gasteiger partial charge is 0.228 e. The number of hydrogen-bond donors (Lipinski definition) is 1. The van der Waals surface area contributed by atoms with Crippen LogP contribution in [0.1, 0.15) is 32.3 Å². The molecule has 154 valence electrons. The fourth-order valence-corrected chi connectivity index (χ4v) is 4.22. The topological polar surface area (TPSA) is 49.4 Å². The number of amides is 2. The van der Waals surface area contributed by atoms with Crippen molar-refractivity contribution in [3.8, 4) is 11.1 Å². The van der Waals surface area contributed by atoms with Crippen molar-refractivity contribution in [2.75, 3.05) is 20.1 Å². The van der Waals surface area contributed by atoms with Crippen LogP contribution in [-0.2, 0) is 16.0 Å². The summed E-state index contributed by atoms with van der Waals surface area (Å²) in [6.45, 7) is 5.00. The second-order valence-electron chi connectivity index (χ2n) is 8.34. The van der Waals surface area contributed by atoms with Crippen LogP contribution in [0, 0.1) is 17.2 Å². The van der Waals surface area contributed by atoms with Crippen molar-refractivity contribution < 1.29 is 14.0 Å². The van der Waals surface area contributed by atoms with Crippen LogP contribution in [0.3, 0.4) is 0 Å². The zero-order valence-corrected chi connectivity index (χ0v) is 17.4. The van der Waals surface area contributed by atoms with Gasteiger partial charge >= 0.3 is 0 Å². The van der Waals surface area contributed by atoms with Crippen LogP contribution in [0.2, 0.25) is 0 Å². The standard InChI is InChI=1S/C24H29FN2O2/c1-17(2)14-22(28)27-13-12-24(16-27,23(29)26-3)15-18-8-4-5-9-19(18)20-10-6-7-11-21(20)25/h4-11,17H,12-16H2,1-3H3,(H,26,29). The van der Waals surface area contributed by atoms with Crippen LogP contribution in [-0.4, -0.2) is 36.9 Å². The van der Waals surface area contributed by atoms with Gasteiger partial charge in [0.15, 0.2) is 0 Å². The van der Waals surface area contributed by atoms with Crippen molar-refractivity contribution >= 4 is 11.8 Å². The summed E-state index contributed by atoms with van der Waals surface area (Å²) in [7, 11) is 1.63. The molecule has 1 aliphatic heterocycles. The molecule has 1 atom stereocenters. The molecule has 0 bridgehead atoms. The van der Waals surface area contributed by atoms with Gasteiger partial charge in [0.1, 0.15) is 5.82 Å². The van der Waals surface area contributed by atoms with E-state index in [4.69, 9.17) is 0 Å². The Morgan fingerprint density at radius 1 is 1.10 bits per heavy atom. The average Bonchev–Trinajstić information content (AvgIpc) is 3.13. The molecule has 2 aromatic rings. The highest BCUT2D eigenvalue weighted by atomic mass is 19.1. The van der Waals surface area contributed by atoms with Crippen LogP contribution < -0.4 is 5.32 Å². The molecule has 3 rings (SSSR count). The lowest BCUT2D eigenvalue weighted by Crippen LogP contribution is -2.44. The lowest BCUT2D eigenvalue weighted by Gasteiger charge is -2.29. The summed E-state index contributed by atoms with van der Waals surface area (Å²) in [5, 5.41) is 2.79. The highest BCUT2D eigenvalue weighted by Gasteiger charge is 2.45. The molecule has 2 aromatic carbocycles. The predicted molar refractivity (Wildman–Crippen MR) is 113 cm³/mol. The first-order chi connectivity index (χ1) is 13.9. The Kier molecular flexibility index (Phi) is 6.36. The third-order valence-electron chi connectivity index (χ3n) is 5.71. The summed E-state index contributed by atoms with van der Waals surface area (Å²) in [5.41, 5.74) is 1.53. The molecule has 1 fully saturated rings. The number of halogens is 1. The average molecular weight is 397 g/mol. The van der Waals surface area contributed by atoms with Gasteiger partial charge in [-0.05, 0) is 36.0 Å². The minimum atomic E-state index is -0.706. The van der Waals surface area contributed by atoms with E-state index in [1.807, 2.05) is 44.2 Å². The third-order valence-corrected chi connectivity index (χ3v) is 5.71. The van der Waals surface area contributed by atoms with Crippen molar-refractivity contribution in [2.45, 2.75) is 33.1 Å². The number of likely N-dealkylation sites (tertiary alicyclic amines) is 1. The van der Waals surface area contributed by atoms with Gasteiger partial charge in [-0.25, -0.2) is 4.39 Å². The summed E-state index contributed by atoms with van der Waals surface area (Å²) in [6.07, 6.45) is 1.54. The molecule has 1 N–H and O–H groups in total. The molecule has 0 radical (unpaired) electrons. The number of hydrogen-bond acceptors (Lipinski definition) is 2. The van der Waals surface area contributed by atoms with Crippen molar-refractivity contribution in [2.24, 2.45) is 11.3 Å². The highest BCUT2D eigenvalue weighted by molar-refractivity contribution is 5.86. The van der Waals surface area contributed by atoms with Gasteiger partial charge in [-0.15, -0.1) is 0 Å². The molecule has 1 aliphatic rings. The van der Waals surface area contributed by atoms with Crippen LogP contribution in [0.4, 0.5) is 4.39 Å². The van der Waals surface area contributed by atoms with Gasteiger partial charge in [0.05, 0.1) is 5.41 Å². The Morgan fingerprint density at radius 2 is 1.76 bits per heavy atom. The molecule has 0 aliphatic carbocycles. The van der Waals surface area contributed by atoms with Gasteiger partial charge in [0, 0.05) is 32.1 Å². The van der Waals surface area contributed by atoms with E-state index in [9.17, 15) is 14.0 Å². The molecular weight excluding hydrogens is 367 g/mol. The Morgan fingerprint density at radius 3 is 2.41 bits per heavy atom. The first kappa shape index (κ1) is 21.0. The SMILES string of the molecule is CNC(=O)C1(Cc2ccccc2-c2ccccc2F)CCN(C(=O)CC(C)C)C1. The third kappa shape index (κ3) is 4.50. The van der Waals surface area contributed by atoms with Gasteiger partial charge < -0.3 is 10.2 Å². The fraction of sp³-hybridized carbons (Fsp3) is 0.417. The van der Waals surface area contributed by atoms with Gasteiger partial charge in [-0.2, -0.15) is 0 Å². The molecular formula is C24H29FN2O2. The highest BCUT2D eigenvalue weighted by Crippen LogP contribution is 2.38. The fourth-order valence-electron chi connectivity index (χ4n) is 4.22. The number of carbonyl (C=O) groups is 2. The molecule has 1 heterocycles. The molecule has 0 aromatic heterocycles. The molecule has 4 nitrogen and oxygen atoms in total. The summed E-state index contributed by atoms with van der Waals surface area (Å²) in [5.74, 6) is 0.0160. The zero-order chi connectivity index (χ0) is 21.0. The maximum Gasteiger partial charge on any atom is 0.228 e. The van der Waals surface area contributed by atoms with Crippen LogP contribution in [0.5, 0.6) is 0 Å². The number of rotatable bonds is 6. The van der Waals surface area contributed by atoms with E-state index in [2.05, 4.69) is 5.32 Å². The van der Waals surface area contributed by atoms with E-state index < -0.39 is 5.41 Å². The lowest BCUT2D eigenvalue weighted by atomic mass is 9.78. The van der Waals surface area contributed by atoms with Crippen molar-refractivity contribution in [1.82, 2.24) is 10.2 Å². The molecule has 0 saturated carbocycles. The van der Waals surface area contributed by atoms with Gasteiger partial charge in [0.25, 0.3) is 0 Å². The first-order valence-electron chi connectivity index (χ1n) is 10.2. The minimum Gasteiger partial charge on any atom is -0.359 e. The number of carbonyl (C=O) groups excluding carboxylic acids is 2. The molecule has 29 heavy (non-hydrogen) atoms. The van der Waals surface area contributed by atoms with E-state index in [1.54, 1.807) is 24.1 Å². The van der Waals surface area contributed by atoms with Crippen LogP contribution in [0.15, 0.2) is 48.5 Å². The van der Waals surface area contributed by atoms with E-state index in [-0.39, 0.29) is 23.5 Å². The molecule has 5 heteroatoms. The van der Waals surface area contributed by atoms with Gasteiger partial charge in [0.2, 0.25) is 11.8 Å². The Balaban J connectivity index is 1.93. The summed E-state index contributed by atoms with van der Waals surface area (Å²) in [4.78, 5) is 27.3. The largest absolute Gasteiger partial charge is 0.359 e. The first-order valence-corrected chi connectivity index (χ1v) is 10.2. The maximum absolute atomic E-state index is 14.4. The normalized spacial score (nSPS) is 18.9. The Bertz CT molecular complexity index is 896. The van der Waals surface area contributed by atoms with Crippen molar-refractivity contribution in [3.05, 3.63) is 59.9 Å². The molecule has 1 saturated heterocycles. The van der Waals surface area contributed by atoms with Crippen LogP contribution in [0.25, 0.3) is 11.1 Å². The molecule has 0 spiro atoms. The van der Waals surface area contributed by atoms with Gasteiger partial charge in [-0.3, -0.25) is 9.59 Å². The monoisotopic (exact) mass is 396 g/mol. The van der Waals surface area contributed by atoms with E-state index in [0.29, 0.717) is 37.9 Å². The van der Waals surface area contributed by atoms with E-state index >= 15 is 0 Å². The van der Waals surface area contributed by atoms with Crippen molar-refractivity contribution in [3.63, 3.8) is 0 Å². The number of nitrogens with zero attached hydrogens (tertiary/aromatic N) is 1. The van der Waals surface area contributed by atoms with E-state index in [1.165, 1.54) is 6.07 Å². The van der Waals surface area contributed by atoms with Crippen molar-refractivity contribution in [1.29, 1.82) is 0 Å². The maximum atomic E-state index is 14.4. The minimum absolute atomic E-state index is 0.0688. The van der Waals surface area contributed by atoms with E-state index in [0.717, 1.165) is 11.1 Å². The zero-order valence-electron chi connectivity index (χ0n) is 17.4. The summed E-state index contributed by atoms with van der Waals surface area (Å²) in [6, 6.07) is 14.3. The summed E-state index contributed by atoms with van der Waals surface area (Å²) >= 11 is 0. The molecule has 1 unspecified atom stereocenters. The predicted octanol–water partition coefficient (Wildman–Crippen LogP) is 4.05. The second-order valence-corrected chi connectivity index (χ2v) is 8.34. The van der Waals surface area contributed by atoms with Gasteiger partial charge in [-0.1, -0.05) is 56.3 Å². The quantitative estimate of drug-likeness (QED) is 0.801. The summed E-state index contributed by atoms with van der Waals surface area (Å²) < 4.78 is 14.4.